The van der Waals surface area contributed by atoms with Crippen LogP contribution in [-0.4, -0.2) is 22.3 Å². The molecule has 1 aromatic carbocycles. The van der Waals surface area contributed by atoms with Gasteiger partial charge < -0.3 is 4.90 Å². The highest BCUT2D eigenvalue weighted by atomic mass is 16.2. The fraction of sp³-hybridized carbons (Fsp3) is 0.400. The van der Waals surface area contributed by atoms with Gasteiger partial charge in [0.05, 0.1) is 6.04 Å². The molecule has 0 radical (unpaired) electrons. The van der Waals surface area contributed by atoms with Crippen LogP contribution in [0.1, 0.15) is 49.9 Å². The van der Waals surface area contributed by atoms with Crippen molar-refractivity contribution in [3.63, 3.8) is 0 Å². The van der Waals surface area contributed by atoms with Crippen LogP contribution in [0.3, 0.4) is 0 Å². The zero-order chi connectivity index (χ0) is 16.4. The van der Waals surface area contributed by atoms with E-state index in [0.717, 1.165) is 18.5 Å². The molecule has 0 saturated carbocycles. The molecule has 0 N–H and O–H groups in total. The number of carbonyl (C=O) groups is 1. The van der Waals surface area contributed by atoms with Gasteiger partial charge in [0.1, 0.15) is 0 Å². The number of aromatic nitrogens is 1. The Balaban J connectivity index is 2.01. The van der Waals surface area contributed by atoms with Crippen LogP contribution in [0.25, 0.3) is 0 Å². The minimum Gasteiger partial charge on any atom is -0.331 e. The van der Waals surface area contributed by atoms with E-state index in [4.69, 9.17) is 0 Å². The third-order valence-electron chi connectivity index (χ3n) is 4.31. The molecule has 2 aromatic rings. The first kappa shape index (κ1) is 15.7. The van der Waals surface area contributed by atoms with Gasteiger partial charge in [0.15, 0.2) is 0 Å². The first-order chi connectivity index (χ1) is 11.0. The fourth-order valence-electron chi connectivity index (χ4n) is 3.30. The quantitative estimate of drug-likeness (QED) is 0.840. The normalized spacial score (nSPS) is 17.7. The SMILES string of the molecule is CC(C)(C)CC(=O)N1CCc2ccccc2C1c1ccncc1. The van der Waals surface area contributed by atoms with Gasteiger partial charge in [0.2, 0.25) is 5.91 Å². The molecule has 3 rings (SSSR count). The minimum absolute atomic E-state index is 0.00204. The second-order valence-electron chi connectivity index (χ2n) is 7.46. The first-order valence-corrected chi connectivity index (χ1v) is 8.23. The largest absolute Gasteiger partial charge is 0.331 e. The number of nitrogens with zero attached hydrogens (tertiary/aromatic N) is 2. The van der Waals surface area contributed by atoms with Crippen molar-refractivity contribution in [3.05, 3.63) is 65.5 Å². The van der Waals surface area contributed by atoms with E-state index in [9.17, 15) is 4.79 Å². The summed E-state index contributed by atoms with van der Waals surface area (Å²) in [5, 5.41) is 0. The lowest BCUT2D eigenvalue weighted by Crippen LogP contribution is -2.41. The smallest absolute Gasteiger partial charge is 0.223 e. The van der Waals surface area contributed by atoms with Gasteiger partial charge in [-0.25, -0.2) is 0 Å². The van der Waals surface area contributed by atoms with E-state index in [1.807, 2.05) is 17.0 Å². The van der Waals surface area contributed by atoms with Gasteiger partial charge >= 0.3 is 0 Å². The van der Waals surface area contributed by atoms with Crippen LogP contribution >= 0.6 is 0 Å². The van der Waals surface area contributed by atoms with Gasteiger partial charge in [-0.2, -0.15) is 0 Å². The molecule has 1 atom stereocenters. The van der Waals surface area contributed by atoms with Gasteiger partial charge in [-0.05, 0) is 40.7 Å². The summed E-state index contributed by atoms with van der Waals surface area (Å²) in [5.74, 6) is 0.230. The Morgan fingerprint density at radius 1 is 1.17 bits per heavy atom. The zero-order valence-electron chi connectivity index (χ0n) is 14.1. The lowest BCUT2D eigenvalue weighted by molar-refractivity contribution is -0.135. The van der Waals surface area contributed by atoms with E-state index < -0.39 is 0 Å². The van der Waals surface area contributed by atoms with E-state index >= 15 is 0 Å². The average molecular weight is 308 g/mol. The Morgan fingerprint density at radius 2 is 1.87 bits per heavy atom. The maximum atomic E-state index is 12.9. The molecule has 1 aliphatic rings. The summed E-state index contributed by atoms with van der Waals surface area (Å²) in [6.07, 6.45) is 5.10. The van der Waals surface area contributed by atoms with Crippen molar-refractivity contribution < 1.29 is 4.79 Å². The highest BCUT2D eigenvalue weighted by molar-refractivity contribution is 5.78. The number of fused-ring (bicyclic) bond motifs is 1. The summed E-state index contributed by atoms with van der Waals surface area (Å²) in [6.45, 7) is 7.12. The van der Waals surface area contributed by atoms with Crippen LogP contribution in [-0.2, 0) is 11.2 Å². The monoisotopic (exact) mass is 308 g/mol. The zero-order valence-corrected chi connectivity index (χ0v) is 14.1. The number of pyridine rings is 1. The van der Waals surface area contributed by atoms with E-state index in [0.29, 0.717) is 6.42 Å². The van der Waals surface area contributed by atoms with Crippen molar-refractivity contribution in [1.82, 2.24) is 9.88 Å². The molecule has 0 spiro atoms. The number of rotatable bonds is 2. The van der Waals surface area contributed by atoms with Crippen molar-refractivity contribution in [2.24, 2.45) is 5.41 Å². The fourth-order valence-corrected chi connectivity index (χ4v) is 3.30. The minimum atomic E-state index is -0.00313. The Hall–Kier alpha value is -2.16. The number of carbonyl (C=O) groups excluding carboxylic acids is 1. The molecule has 1 aliphatic heterocycles. The summed E-state index contributed by atoms with van der Waals surface area (Å²) in [6, 6.07) is 12.5. The molecule has 0 fully saturated rings. The van der Waals surface area contributed by atoms with Crippen molar-refractivity contribution in [1.29, 1.82) is 0 Å². The molecule has 1 aromatic heterocycles. The number of hydrogen-bond acceptors (Lipinski definition) is 2. The van der Waals surface area contributed by atoms with Crippen molar-refractivity contribution in [3.8, 4) is 0 Å². The van der Waals surface area contributed by atoms with E-state index in [1.165, 1.54) is 11.1 Å². The first-order valence-electron chi connectivity index (χ1n) is 8.23. The molecule has 0 aliphatic carbocycles. The van der Waals surface area contributed by atoms with Gasteiger partial charge in [-0.3, -0.25) is 9.78 Å². The second-order valence-corrected chi connectivity index (χ2v) is 7.46. The molecule has 23 heavy (non-hydrogen) atoms. The Bertz CT molecular complexity index is 688. The second kappa shape index (κ2) is 6.15. The number of benzene rings is 1. The van der Waals surface area contributed by atoms with E-state index in [-0.39, 0.29) is 17.4 Å². The third-order valence-corrected chi connectivity index (χ3v) is 4.31. The molecule has 0 bridgehead atoms. The summed E-state index contributed by atoms with van der Waals surface area (Å²) >= 11 is 0. The number of amides is 1. The van der Waals surface area contributed by atoms with E-state index in [2.05, 4.69) is 50.0 Å². The van der Waals surface area contributed by atoms with Gasteiger partial charge in [-0.1, -0.05) is 45.0 Å². The number of hydrogen-bond donors (Lipinski definition) is 0. The van der Waals surface area contributed by atoms with Crippen LogP contribution in [0.4, 0.5) is 0 Å². The summed E-state index contributed by atoms with van der Waals surface area (Å²) in [4.78, 5) is 19.1. The predicted octanol–water partition coefficient (Wildman–Crippen LogP) is 3.99. The van der Waals surface area contributed by atoms with Gasteiger partial charge in [-0.15, -0.1) is 0 Å². The maximum absolute atomic E-state index is 12.9. The predicted molar refractivity (Wildman–Crippen MR) is 92.0 cm³/mol. The Morgan fingerprint density at radius 3 is 2.57 bits per heavy atom. The van der Waals surface area contributed by atoms with Crippen LogP contribution in [0.5, 0.6) is 0 Å². The molecule has 1 unspecified atom stereocenters. The van der Waals surface area contributed by atoms with Crippen LogP contribution in [0, 0.1) is 5.41 Å². The molecular formula is C20H24N2O. The topological polar surface area (TPSA) is 33.2 Å². The lowest BCUT2D eigenvalue weighted by Gasteiger charge is -2.39. The van der Waals surface area contributed by atoms with Crippen LogP contribution < -0.4 is 0 Å². The third kappa shape index (κ3) is 3.44. The van der Waals surface area contributed by atoms with E-state index in [1.54, 1.807) is 12.4 Å². The van der Waals surface area contributed by atoms with Gasteiger partial charge in [0.25, 0.3) is 0 Å². The van der Waals surface area contributed by atoms with Crippen molar-refractivity contribution in [2.75, 3.05) is 6.54 Å². The molecule has 0 saturated heterocycles. The molecule has 2 heterocycles. The van der Waals surface area contributed by atoms with Crippen molar-refractivity contribution >= 4 is 5.91 Å². The molecule has 3 heteroatoms. The molecule has 120 valence electrons. The van der Waals surface area contributed by atoms with Crippen LogP contribution in [0.15, 0.2) is 48.8 Å². The van der Waals surface area contributed by atoms with Crippen LogP contribution in [0.2, 0.25) is 0 Å². The highest BCUT2D eigenvalue weighted by Gasteiger charge is 2.33. The maximum Gasteiger partial charge on any atom is 0.223 e. The Labute approximate surface area is 138 Å². The molecule has 1 amide bonds. The lowest BCUT2D eigenvalue weighted by atomic mass is 9.86. The highest BCUT2D eigenvalue weighted by Crippen LogP contribution is 2.36. The Kier molecular flexibility index (Phi) is 4.20. The summed E-state index contributed by atoms with van der Waals surface area (Å²) in [5.41, 5.74) is 3.72. The standard InChI is InChI=1S/C20H24N2O/c1-20(2,3)14-18(23)22-13-10-15-6-4-5-7-17(15)19(22)16-8-11-21-12-9-16/h4-9,11-12,19H,10,13-14H2,1-3H3. The average Bonchev–Trinajstić information content (AvgIpc) is 2.53. The summed E-state index contributed by atoms with van der Waals surface area (Å²) in [7, 11) is 0. The molecule has 3 nitrogen and oxygen atoms in total. The summed E-state index contributed by atoms with van der Waals surface area (Å²) < 4.78 is 0. The van der Waals surface area contributed by atoms with Crippen molar-refractivity contribution in [2.45, 2.75) is 39.7 Å². The van der Waals surface area contributed by atoms with Gasteiger partial charge in [0, 0.05) is 25.4 Å². The molecular weight excluding hydrogens is 284 g/mol.